The van der Waals surface area contributed by atoms with Crippen LogP contribution in [0.3, 0.4) is 0 Å². The van der Waals surface area contributed by atoms with Crippen molar-refractivity contribution < 1.29 is 9.18 Å². The molecule has 0 aliphatic heterocycles. The first-order valence-corrected chi connectivity index (χ1v) is 5.66. The van der Waals surface area contributed by atoms with Crippen LogP contribution in [0.4, 0.5) is 10.1 Å². The molecule has 0 aromatic heterocycles. The van der Waals surface area contributed by atoms with Gasteiger partial charge in [0.2, 0.25) is 5.91 Å². The van der Waals surface area contributed by atoms with Crippen LogP contribution in [0.15, 0.2) is 18.2 Å². The molecular weight excluding hydrogens is 243 g/mol. The van der Waals surface area contributed by atoms with E-state index in [9.17, 15) is 9.18 Å². The number of nitrogens with one attached hydrogen (secondary N) is 2. The zero-order valence-corrected chi connectivity index (χ0v) is 10.9. The van der Waals surface area contributed by atoms with Gasteiger partial charge in [0.1, 0.15) is 5.82 Å². The molecule has 2 N–H and O–H groups in total. The zero-order chi connectivity index (χ0) is 13.1. The quantitative estimate of drug-likeness (QED) is 0.875. The first kappa shape index (κ1) is 13.8. The largest absolute Gasteiger partial charge is 0.374 e. The third-order valence-corrected chi connectivity index (χ3v) is 2.12. The van der Waals surface area contributed by atoms with Crippen molar-refractivity contribution in [2.75, 3.05) is 11.9 Å². The number of carbonyl (C=O) groups is 1. The lowest BCUT2D eigenvalue weighted by Crippen LogP contribution is -2.43. The molecule has 3 nitrogen and oxygen atoms in total. The fourth-order valence-electron chi connectivity index (χ4n) is 1.27. The number of anilines is 1. The summed E-state index contributed by atoms with van der Waals surface area (Å²) in [5, 5.41) is 5.89. The summed E-state index contributed by atoms with van der Waals surface area (Å²) in [7, 11) is 0. The van der Waals surface area contributed by atoms with Crippen LogP contribution in [0.25, 0.3) is 0 Å². The summed E-state index contributed by atoms with van der Waals surface area (Å²) in [6.07, 6.45) is 0. The molecule has 1 rings (SSSR count). The Bertz CT molecular complexity index is 415. The molecule has 0 saturated heterocycles. The van der Waals surface area contributed by atoms with Gasteiger partial charge in [0.25, 0.3) is 0 Å². The average molecular weight is 259 g/mol. The highest BCUT2D eigenvalue weighted by atomic mass is 35.5. The topological polar surface area (TPSA) is 41.1 Å². The van der Waals surface area contributed by atoms with Crippen LogP contribution in [-0.4, -0.2) is 18.0 Å². The number of carbonyl (C=O) groups excluding carboxylic acids is 1. The molecule has 0 spiro atoms. The Kier molecular flexibility index (Phi) is 4.34. The number of halogens is 2. The maximum absolute atomic E-state index is 13.3. The van der Waals surface area contributed by atoms with Gasteiger partial charge in [-0.25, -0.2) is 4.39 Å². The van der Waals surface area contributed by atoms with E-state index in [0.29, 0.717) is 5.02 Å². The number of amides is 1. The molecule has 0 unspecified atom stereocenters. The molecule has 0 bridgehead atoms. The average Bonchev–Trinajstić information content (AvgIpc) is 2.17. The molecule has 5 heteroatoms. The highest BCUT2D eigenvalue weighted by Gasteiger charge is 2.13. The van der Waals surface area contributed by atoms with Crippen molar-refractivity contribution in [3.05, 3.63) is 29.0 Å². The maximum Gasteiger partial charge on any atom is 0.239 e. The van der Waals surface area contributed by atoms with E-state index in [1.807, 2.05) is 20.8 Å². The molecular formula is C12H16ClFN2O. The van der Waals surface area contributed by atoms with Crippen molar-refractivity contribution >= 4 is 23.2 Å². The molecule has 0 radical (unpaired) electrons. The van der Waals surface area contributed by atoms with Crippen LogP contribution in [-0.2, 0) is 4.79 Å². The van der Waals surface area contributed by atoms with Gasteiger partial charge in [-0.15, -0.1) is 0 Å². The molecule has 94 valence electrons. The van der Waals surface area contributed by atoms with Crippen molar-refractivity contribution in [1.29, 1.82) is 0 Å². The van der Waals surface area contributed by atoms with Crippen molar-refractivity contribution in [2.45, 2.75) is 26.3 Å². The number of hydrogen-bond acceptors (Lipinski definition) is 2. The van der Waals surface area contributed by atoms with Crippen LogP contribution >= 0.6 is 11.6 Å². The molecule has 0 aliphatic rings. The van der Waals surface area contributed by atoms with Crippen molar-refractivity contribution in [2.24, 2.45) is 0 Å². The van der Waals surface area contributed by atoms with E-state index in [2.05, 4.69) is 10.6 Å². The number of benzene rings is 1. The Morgan fingerprint density at radius 3 is 2.65 bits per heavy atom. The summed E-state index contributed by atoms with van der Waals surface area (Å²) in [6.45, 7) is 5.65. The zero-order valence-electron chi connectivity index (χ0n) is 10.1. The highest BCUT2D eigenvalue weighted by molar-refractivity contribution is 6.30. The second-order valence-corrected chi connectivity index (χ2v) is 5.21. The lowest BCUT2D eigenvalue weighted by molar-refractivity contribution is -0.120. The fraction of sp³-hybridized carbons (Fsp3) is 0.417. The minimum atomic E-state index is -0.432. The second-order valence-electron chi connectivity index (χ2n) is 4.78. The molecule has 0 heterocycles. The first-order chi connectivity index (χ1) is 7.78. The Labute approximate surface area is 105 Å². The van der Waals surface area contributed by atoms with E-state index >= 15 is 0 Å². The van der Waals surface area contributed by atoms with E-state index in [1.54, 1.807) is 0 Å². The Balaban J connectivity index is 2.56. The van der Waals surface area contributed by atoms with Gasteiger partial charge in [0, 0.05) is 10.6 Å². The molecule has 17 heavy (non-hydrogen) atoms. The van der Waals surface area contributed by atoms with E-state index in [0.717, 1.165) is 0 Å². The first-order valence-electron chi connectivity index (χ1n) is 5.28. The molecule has 0 aliphatic carbocycles. The Morgan fingerprint density at radius 2 is 2.06 bits per heavy atom. The summed E-state index contributed by atoms with van der Waals surface area (Å²) in [5.74, 6) is -0.630. The van der Waals surface area contributed by atoms with Gasteiger partial charge in [-0.05, 0) is 39.0 Å². The molecule has 1 amide bonds. The van der Waals surface area contributed by atoms with Crippen molar-refractivity contribution in [3.63, 3.8) is 0 Å². The standard InChI is InChI=1S/C12H16ClFN2O/c1-12(2,3)16-11(17)7-15-10-6-8(13)4-5-9(10)14/h4-6,15H,7H2,1-3H3,(H,16,17). The Morgan fingerprint density at radius 1 is 1.41 bits per heavy atom. The summed E-state index contributed by atoms with van der Waals surface area (Å²) in [4.78, 5) is 11.5. The van der Waals surface area contributed by atoms with Gasteiger partial charge >= 0.3 is 0 Å². The molecule has 1 aromatic carbocycles. The minimum absolute atomic E-state index is 0.00846. The van der Waals surface area contributed by atoms with Gasteiger partial charge in [-0.2, -0.15) is 0 Å². The Hall–Kier alpha value is -1.29. The van der Waals surface area contributed by atoms with E-state index in [1.165, 1.54) is 18.2 Å². The van der Waals surface area contributed by atoms with Crippen molar-refractivity contribution in [3.8, 4) is 0 Å². The van der Waals surface area contributed by atoms with E-state index < -0.39 is 5.82 Å². The molecule has 0 fully saturated rings. The van der Waals surface area contributed by atoms with Gasteiger partial charge < -0.3 is 10.6 Å². The smallest absolute Gasteiger partial charge is 0.239 e. The molecule has 1 aromatic rings. The van der Waals surface area contributed by atoms with E-state index in [-0.39, 0.29) is 23.7 Å². The molecule has 0 atom stereocenters. The maximum atomic E-state index is 13.3. The number of rotatable bonds is 3. The monoisotopic (exact) mass is 258 g/mol. The normalized spacial score (nSPS) is 11.1. The summed E-state index contributed by atoms with van der Waals surface area (Å²) >= 11 is 5.73. The van der Waals surface area contributed by atoms with Gasteiger partial charge in [0.05, 0.1) is 12.2 Å². The summed E-state index contributed by atoms with van der Waals surface area (Å²) in [5.41, 5.74) is -0.0763. The van der Waals surface area contributed by atoms with Crippen LogP contribution in [0.5, 0.6) is 0 Å². The van der Waals surface area contributed by atoms with Gasteiger partial charge in [0.15, 0.2) is 0 Å². The van der Waals surface area contributed by atoms with Crippen LogP contribution < -0.4 is 10.6 Å². The fourth-order valence-corrected chi connectivity index (χ4v) is 1.44. The van der Waals surface area contributed by atoms with E-state index in [4.69, 9.17) is 11.6 Å². The van der Waals surface area contributed by atoms with Crippen LogP contribution in [0.2, 0.25) is 5.02 Å². The van der Waals surface area contributed by atoms with Crippen LogP contribution in [0, 0.1) is 5.82 Å². The van der Waals surface area contributed by atoms with Gasteiger partial charge in [-0.3, -0.25) is 4.79 Å². The SMILES string of the molecule is CC(C)(C)NC(=O)CNc1cc(Cl)ccc1F. The lowest BCUT2D eigenvalue weighted by Gasteiger charge is -2.20. The highest BCUT2D eigenvalue weighted by Crippen LogP contribution is 2.19. The molecule has 0 saturated carbocycles. The second kappa shape index (κ2) is 5.36. The third kappa shape index (κ3) is 5.04. The predicted octanol–water partition coefficient (Wildman–Crippen LogP) is 2.81. The minimum Gasteiger partial charge on any atom is -0.374 e. The third-order valence-electron chi connectivity index (χ3n) is 1.88. The van der Waals surface area contributed by atoms with Gasteiger partial charge in [-0.1, -0.05) is 11.6 Å². The summed E-state index contributed by atoms with van der Waals surface area (Å²) < 4.78 is 13.3. The number of hydrogen-bond donors (Lipinski definition) is 2. The van der Waals surface area contributed by atoms with Crippen LogP contribution in [0.1, 0.15) is 20.8 Å². The lowest BCUT2D eigenvalue weighted by atomic mass is 10.1. The summed E-state index contributed by atoms with van der Waals surface area (Å²) in [6, 6.07) is 4.16. The predicted molar refractivity (Wildman–Crippen MR) is 67.8 cm³/mol. The van der Waals surface area contributed by atoms with Crippen molar-refractivity contribution in [1.82, 2.24) is 5.32 Å².